The zero-order chi connectivity index (χ0) is 38.2. The van der Waals surface area contributed by atoms with Crippen LogP contribution in [0.2, 0.25) is 0 Å². The largest absolute Gasteiger partial charge is 0.504 e. The van der Waals surface area contributed by atoms with Crippen LogP contribution in [0.3, 0.4) is 0 Å². The number of aromatic nitrogens is 2. The highest BCUT2D eigenvalue weighted by Crippen LogP contribution is 2.57. The minimum Gasteiger partial charge on any atom is -0.504 e. The summed E-state index contributed by atoms with van der Waals surface area (Å²) in [6.07, 6.45) is 5.78. The van der Waals surface area contributed by atoms with Crippen LogP contribution in [0.1, 0.15) is 42.3 Å². The van der Waals surface area contributed by atoms with Crippen molar-refractivity contribution in [2.45, 2.75) is 32.9 Å². The number of anilines is 2. The van der Waals surface area contributed by atoms with E-state index in [2.05, 4.69) is 10.6 Å². The molecule has 3 N–H and O–H groups in total. The Morgan fingerprint density at radius 2 is 1.35 bits per heavy atom. The highest BCUT2D eigenvalue weighted by molar-refractivity contribution is 6.40. The van der Waals surface area contributed by atoms with Gasteiger partial charge in [0.05, 0.1) is 49.4 Å². The predicted octanol–water partition coefficient (Wildman–Crippen LogP) is 5.59. The van der Waals surface area contributed by atoms with Gasteiger partial charge in [-0.15, -0.1) is 0 Å². The Labute approximate surface area is 310 Å². The number of nitrogens with one attached hydrogen (secondary N) is 2. The van der Waals surface area contributed by atoms with Crippen LogP contribution < -0.4 is 44.8 Å². The highest BCUT2D eigenvalue weighted by Gasteiger charge is 2.37. The molecule has 2 aromatic heterocycles. The molecule has 1 aliphatic rings. The van der Waals surface area contributed by atoms with Crippen LogP contribution in [0.25, 0.3) is 49.2 Å². The number of hydrogen-bond donors (Lipinski definition) is 3. The number of aryl methyl sites for hydroxylation is 2. The lowest BCUT2D eigenvalue weighted by molar-refractivity contribution is -0.679. The third-order valence-electron chi connectivity index (χ3n) is 10.9. The lowest BCUT2D eigenvalue weighted by atomic mass is 9.80. The molecule has 0 saturated heterocycles. The van der Waals surface area contributed by atoms with Crippen LogP contribution in [0.5, 0.6) is 23.0 Å². The Bertz CT molecular complexity index is 2870. The van der Waals surface area contributed by atoms with E-state index in [4.69, 9.17) is 14.2 Å². The van der Waals surface area contributed by atoms with E-state index in [9.17, 15) is 14.7 Å². The molecule has 7 aromatic rings. The topological polar surface area (TPSA) is 131 Å². The summed E-state index contributed by atoms with van der Waals surface area (Å²) in [5.41, 5.74) is 3.63. The van der Waals surface area contributed by atoms with E-state index >= 15 is 4.79 Å². The minimum atomic E-state index is -0.875. The molecule has 1 atom stereocenters. The van der Waals surface area contributed by atoms with Gasteiger partial charge < -0.3 is 30.0 Å². The maximum absolute atomic E-state index is 15.4. The Morgan fingerprint density at radius 1 is 0.759 bits per heavy atom. The van der Waals surface area contributed by atoms with Gasteiger partial charge in [-0.2, -0.15) is 0 Å². The lowest BCUT2D eigenvalue weighted by Crippen LogP contribution is -2.34. The van der Waals surface area contributed by atoms with Gasteiger partial charge in [0, 0.05) is 74.5 Å². The van der Waals surface area contributed by atoms with Gasteiger partial charge in [-0.05, 0) is 19.2 Å². The van der Waals surface area contributed by atoms with Crippen molar-refractivity contribution in [2.24, 2.45) is 14.1 Å². The molecule has 1 unspecified atom stereocenters. The molecular weight excluding hydrogens is 684 g/mol. The number of Topliss-reactive ketones (excluding diaryl/α,β-unsaturated/α-hetero) is 1. The molecule has 0 saturated carbocycles. The van der Waals surface area contributed by atoms with Gasteiger partial charge in [-0.3, -0.25) is 14.4 Å². The summed E-state index contributed by atoms with van der Waals surface area (Å²) in [5.74, 6) is -0.753. The first-order chi connectivity index (χ1) is 26.0. The van der Waals surface area contributed by atoms with Crippen molar-refractivity contribution in [3.63, 3.8) is 0 Å². The van der Waals surface area contributed by atoms with Crippen molar-refractivity contribution < 1.29 is 33.2 Å². The first kappa shape index (κ1) is 34.6. The summed E-state index contributed by atoms with van der Waals surface area (Å²) in [6, 6.07) is 14.9. The van der Waals surface area contributed by atoms with Gasteiger partial charge in [-0.25, -0.2) is 9.13 Å². The lowest BCUT2D eigenvalue weighted by Gasteiger charge is -2.25. The number of phenols is 1. The number of benzene rings is 5. The molecule has 5 aromatic carbocycles. The van der Waals surface area contributed by atoms with E-state index in [0.717, 1.165) is 11.4 Å². The summed E-state index contributed by atoms with van der Waals surface area (Å²) < 4.78 is 21.9. The van der Waals surface area contributed by atoms with Crippen molar-refractivity contribution in [3.05, 3.63) is 109 Å². The van der Waals surface area contributed by atoms with E-state index in [-0.39, 0.29) is 33.8 Å². The fourth-order valence-electron chi connectivity index (χ4n) is 8.45. The summed E-state index contributed by atoms with van der Waals surface area (Å²) >= 11 is 0. The number of ketones is 1. The van der Waals surface area contributed by atoms with Crippen molar-refractivity contribution in [2.75, 3.05) is 32.0 Å². The van der Waals surface area contributed by atoms with Crippen molar-refractivity contribution in [3.8, 4) is 23.0 Å². The minimum absolute atomic E-state index is 0.0193. The molecule has 2 heterocycles. The second kappa shape index (κ2) is 12.9. The number of carbonyl (C=O) groups excluding carboxylic acids is 1. The van der Waals surface area contributed by atoms with Gasteiger partial charge in [0.2, 0.25) is 5.43 Å². The maximum Gasteiger partial charge on any atom is 0.212 e. The van der Waals surface area contributed by atoms with Crippen molar-refractivity contribution in [1.29, 1.82) is 0 Å². The van der Waals surface area contributed by atoms with Gasteiger partial charge in [-0.1, -0.05) is 23.8 Å². The summed E-state index contributed by atoms with van der Waals surface area (Å²) in [5, 5.41) is 22.5. The highest BCUT2D eigenvalue weighted by atomic mass is 16.5. The van der Waals surface area contributed by atoms with Crippen LogP contribution in [-0.2, 0) is 32.0 Å². The molecule has 0 aliphatic heterocycles. The molecule has 0 radical (unpaired) electrons. The van der Waals surface area contributed by atoms with Crippen LogP contribution in [-0.4, -0.2) is 32.2 Å². The number of pyridine rings is 2. The molecule has 0 spiro atoms. The molecule has 272 valence electrons. The van der Waals surface area contributed by atoms with E-state index in [0.29, 0.717) is 84.6 Å². The Hall–Kier alpha value is -6.49. The first-order valence-electron chi connectivity index (χ1n) is 17.6. The number of ether oxygens (including phenoxy) is 3. The number of nitrogens with zero attached hydrogens (tertiary/aromatic N) is 2. The van der Waals surface area contributed by atoms with Gasteiger partial charge in [0.25, 0.3) is 0 Å². The van der Waals surface area contributed by atoms with Gasteiger partial charge in [0.15, 0.2) is 40.7 Å². The fourth-order valence-corrected chi connectivity index (χ4v) is 8.45. The average Bonchev–Trinajstić information content (AvgIpc) is 3.28. The standard InChI is InChI=1S/C43H38N4O7/c1-21-16-25-31-36-32(41(50)40(25)45-20-24-13-9-11-15-47(24)4)26(44-19-23-12-8-10-14-46(23)3)17-28(52-5)34(36)35-29(53-6)18-27(49)33-38(35)37(31)39(30(21)22(2)48)43(54-7)42(33)51/h8-18,30H,19-20H2,1-7H3,(H-2,44,45,49,50,51)/p+2. The van der Waals surface area contributed by atoms with E-state index in [1.54, 1.807) is 13.2 Å². The SMILES string of the molecule is COc1c(O)c2c(=O)cc(OC)c3c4c(OC)cc(NCc5cccc[n+]5C)c5c(=O)c(NCc6cccc[n+]6C)c6c(c(c1C(C(C)=O)C(C)=C6)c23)c54. The number of carbonyl (C=O) groups is 1. The second-order valence-corrected chi connectivity index (χ2v) is 13.9. The number of phenolic OH excluding ortho intramolecular Hbond substituents is 1. The zero-order valence-electron chi connectivity index (χ0n) is 31.1. The second-order valence-electron chi connectivity index (χ2n) is 13.9. The monoisotopic (exact) mass is 724 g/mol. The number of allylic oxidation sites excluding steroid dienone is 1. The third-order valence-corrected chi connectivity index (χ3v) is 10.9. The van der Waals surface area contributed by atoms with Crippen molar-refractivity contribution >= 4 is 66.3 Å². The smallest absolute Gasteiger partial charge is 0.212 e. The Balaban J connectivity index is 1.65. The summed E-state index contributed by atoms with van der Waals surface area (Å²) in [4.78, 5) is 43.1. The summed E-state index contributed by atoms with van der Waals surface area (Å²) in [7, 11) is 8.34. The van der Waals surface area contributed by atoms with Gasteiger partial charge >= 0.3 is 0 Å². The zero-order valence-corrected chi connectivity index (χ0v) is 31.1. The summed E-state index contributed by atoms with van der Waals surface area (Å²) in [6.45, 7) is 4.03. The van der Waals surface area contributed by atoms with E-state index in [1.807, 2.05) is 85.0 Å². The number of rotatable bonds is 10. The molecule has 1 aliphatic carbocycles. The third kappa shape index (κ3) is 4.91. The molecule has 54 heavy (non-hydrogen) atoms. The van der Waals surface area contributed by atoms with E-state index in [1.165, 1.54) is 27.2 Å². The quantitative estimate of drug-likeness (QED) is 0.0939. The molecule has 11 heteroatoms. The van der Waals surface area contributed by atoms with Crippen LogP contribution in [0.15, 0.2) is 76.1 Å². The first-order valence-corrected chi connectivity index (χ1v) is 17.6. The Kier molecular flexibility index (Phi) is 8.24. The molecule has 0 fully saturated rings. The predicted molar refractivity (Wildman–Crippen MR) is 210 cm³/mol. The average molecular weight is 725 g/mol. The normalized spacial score (nSPS) is 13.8. The van der Waals surface area contributed by atoms with Crippen LogP contribution >= 0.6 is 0 Å². The number of hydrogen-bond acceptors (Lipinski definition) is 9. The van der Waals surface area contributed by atoms with Crippen LogP contribution in [0.4, 0.5) is 11.4 Å². The fraction of sp³-hybridized carbons (Fsp3) is 0.233. The van der Waals surface area contributed by atoms with Crippen LogP contribution in [0, 0.1) is 0 Å². The number of fused-ring (bicyclic) bond motifs is 1. The molecule has 8 rings (SSSR count). The van der Waals surface area contributed by atoms with Gasteiger partial charge in [0.1, 0.15) is 44.5 Å². The van der Waals surface area contributed by atoms with Crippen molar-refractivity contribution in [1.82, 2.24) is 0 Å². The molecule has 11 nitrogen and oxygen atoms in total. The maximum atomic E-state index is 15.4. The Morgan fingerprint density at radius 3 is 1.93 bits per heavy atom. The molecule has 0 amide bonds. The van der Waals surface area contributed by atoms with E-state index < -0.39 is 11.3 Å². The molecule has 0 bridgehead atoms. The number of aromatic hydroxyl groups is 1. The number of methoxy groups -OCH3 is 3. The molecular formula is C43H40N4O7+2.